The predicted molar refractivity (Wildman–Crippen MR) is 70.4 cm³/mol. The molecule has 2 aromatic rings. The Morgan fingerprint density at radius 3 is 2.89 bits per heavy atom. The van der Waals surface area contributed by atoms with E-state index in [1.54, 1.807) is 12.3 Å². The molecule has 0 unspecified atom stereocenters. The molecular formula is C15H17FO3. The average Bonchev–Trinajstić information content (AvgIpc) is 2.80. The third kappa shape index (κ3) is 3.81. The monoisotopic (exact) mass is 264 g/mol. The Labute approximate surface area is 111 Å². The molecule has 0 spiro atoms. The molecule has 3 nitrogen and oxygen atoms in total. The predicted octanol–water partition coefficient (Wildman–Crippen LogP) is 3.85. The summed E-state index contributed by atoms with van der Waals surface area (Å²) in [5.74, 6) is -0.235. The van der Waals surface area contributed by atoms with Gasteiger partial charge in [0.15, 0.2) is 0 Å². The number of carbonyl (C=O) groups excluding carboxylic acids is 1. The largest absolute Gasteiger partial charge is 0.468 e. The second kappa shape index (κ2) is 6.92. The molecule has 0 bridgehead atoms. The molecular weight excluding hydrogens is 247 g/mol. The van der Waals surface area contributed by atoms with Gasteiger partial charge in [0.2, 0.25) is 0 Å². The van der Waals surface area contributed by atoms with Crippen LogP contribution in [0, 0.1) is 5.82 Å². The van der Waals surface area contributed by atoms with Crippen molar-refractivity contribution in [2.75, 3.05) is 6.61 Å². The molecule has 1 aromatic heterocycles. The first-order valence-electron chi connectivity index (χ1n) is 6.52. The first kappa shape index (κ1) is 13.6. The maximum Gasteiger partial charge on any atom is 0.293 e. The van der Waals surface area contributed by atoms with Gasteiger partial charge in [-0.3, -0.25) is 4.79 Å². The van der Waals surface area contributed by atoms with Gasteiger partial charge < -0.3 is 9.15 Å². The van der Waals surface area contributed by atoms with Crippen LogP contribution in [0.2, 0.25) is 0 Å². The Balaban J connectivity index is 1.78. The van der Waals surface area contributed by atoms with Crippen LogP contribution in [-0.4, -0.2) is 13.1 Å². The van der Waals surface area contributed by atoms with Crippen molar-refractivity contribution in [1.82, 2.24) is 0 Å². The summed E-state index contributed by atoms with van der Waals surface area (Å²) in [6.45, 7) is 0.968. The molecule has 0 aliphatic heterocycles. The lowest BCUT2D eigenvalue weighted by atomic mass is 10.1. The summed E-state index contributed by atoms with van der Waals surface area (Å²) in [6.07, 6.45) is 6.58. The minimum absolute atomic E-state index is 0.235. The maximum absolute atomic E-state index is 13.2. The number of benzene rings is 1. The smallest absolute Gasteiger partial charge is 0.293 e. The van der Waals surface area contributed by atoms with Crippen LogP contribution in [0.25, 0.3) is 11.0 Å². The first-order valence-corrected chi connectivity index (χ1v) is 6.52. The van der Waals surface area contributed by atoms with Crippen LogP contribution in [0.3, 0.4) is 0 Å². The molecule has 0 saturated carbocycles. The average molecular weight is 264 g/mol. The second-order valence-electron chi connectivity index (χ2n) is 4.53. The summed E-state index contributed by atoms with van der Waals surface area (Å²) >= 11 is 0. The molecule has 0 aliphatic rings. The van der Waals surface area contributed by atoms with E-state index in [9.17, 15) is 9.18 Å². The molecule has 4 heteroatoms. The highest BCUT2D eigenvalue weighted by atomic mass is 19.1. The molecule has 102 valence electrons. The molecule has 0 amide bonds. The third-order valence-electron chi connectivity index (χ3n) is 3.14. The lowest BCUT2D eigenvalue weighted by Gasteiger charge is -2.00. The van der Waals surface area contributed by atoms with Crippen LogP contribution in [0.5, 0.6) is 0 Å². The van der Waals surface area contributed by atoms with Gasteiger partial charge in [-0.1, -0.05) is 12.8 Å². The van der Waals surface area contributed by atoms with Crippen LogP contribution in [0.15, 0.2) is 28.9 Å². The van der Waals surface area contributed by atoms with E-state index in [1.165, 1.54) is 12.1 Å². The van der Waals surface area contributed by atoms with Gasteiger partial charge in [-0.05, 0) is 43.0 Å². The molecule has 0 radical (unpaired) electrons. The molecule has 1 heterocycles. The fourth-order valence-electron chi connectivity index (χ4n) is 2.15. The van der Waals surface area contributed by atoms with Crippen molar-refractivity contribution in [1.29, 1.82) is 0 Å². The summed E-state index contributed by atoms with van der Waals surface area (Å²) in [4.78, 5) is 9.94. The van der Waals surface area contributed by atoms with Crippen molar-refractivity contribution in [3.05, 3.63) is 35.8 Å². The molecule has 2 rings (SSSR count). The molecule has 0 N–H and O–H groups in total. The van der Waals surface area contributed by atoms with Crippen LogP contribution < -0.4 is 0 Å². The Morgan fingerprint density at radius 2 is 2.05 bits per heavy atom. The number of hydrogen-bond acceptors (Lipinski definition) is 3. The molecule has 0 aliphatic carbocycles. The Kier molecular flexibility index (Phi) is 4.95. The number of unbranched alkanes of at least 4 members (excludes halogenated alkanes) is 3. The Hall–Kier alpha value is -1.84. The first-order chi connectivity index (χ1) is 9.31. The van der Waals surface area contributed by atoms with Gasteiger partial charge in [-0.25, -0.2) is 4.39 Å². The summed E-state index contributed by atoms with van der Waals surface area (Å²) in [5, 5.41) is 0.865. The summed E-state index contributed by atoms with van der Waals surface area (Å²) in [7, 11) is 0. The zero-order chi connectivity index (χ0) is 13.5. The fourth-order valence-corrected chi connectivity index (χ4v) is 2.15. The van der Waals surface area contributed by atoms with Gasteiger partial charge in [0.25, 0.3) is 6.47 Å². The highest BCUT2D eigenvalue weighted by Gasteiger charge is 2.06. The lowest BCUT2D eigenvalue weighted by molar-refractivity contribution is -0.128. The molecule has 1 aromatic carbocycles. The van der Waals surface area contributed by atoms with Gasteiger partial charge in [0.1, 0.15) is 11.4 Å². The van der Waals surface area contributed by atoms with E-state index >= 15 is 0 Å². The third-order valence-corrected chi connectivity index (χ3v) is 3.14. The van der Waals surface area contributed by atoms with Crippen molar-refractivity contribution in [2.45, 2.75) is 32.1 Å². The van der Waals surface area contributed by atoms with Crippen molar-refractivity contribution >= 4 is 17.4 Å². The number of hydrogen-bond donors (Lipinski definition) is 0. The van der Waals surface area contributed by atoms with Crippen LogP contribution >= 0.6 is 0 Å². The number of fused-ring (bicyclic) bond motifs is 1. The van der Waals surface area contributed by atoms with Gasteiger partial charge >= 0.3 is 0 Å². The van der Waals surface area contributed by atoms with Crippen molar-refractivity contribution < 1.29 is 18.3 Å². The zero-order valence-electron chi connectivity index (χ0n) is 10.7. The lowest BCUT2D eigenvalue weighted by Crippen LogP contribution is -1.92. The van der Waals surface area contributed by atoms with Gasteiger partial charge in [0, 0.05) is 5.39 Å². The minimum atomic E-state index is -0.235. The number of furan rings is 1. The van der Waals surface area contributed by atoms with Crippen LogP contribution in [-0.2, 0) is 16.0 Å². The van der Waals surface area contributed by atoms with Gasteiger partial charge in [-0.2, -0.15) is 0 Å². The van der Waals surface area contributed by atoms with E-state index < -0.39 is 0 Å². The normalized spacial score (nSPS) is 10.8. The topological polar surface area (TPSA) is 39.4 Å². The van der Waals surface area contributed by atoms with Gasteiger partial charge in [-0.15, -0.1) is 0 Å². The van der Waals surface area contributed by atoms with Gasteiger partial charge in [0.05, 0.1) is 12.9 Å². The van der Waals surface area contributed by atoms with E-state index in [0.717, 1.165) is 48.6 Å². The summed E-state index contributed by atoms with van der Waals surface area (Å²) < 4.78 is 23.2. The Morgan fingerprint density at radius 1 is 1.21 bits per heavy atom. The minimum Gasteiger partial charge on any atom is -0.468 e. The zero-order valence-corrected chi connectivity index (χ0v) is 10.7. The molecule has 0 atom stereocenters. The number of carbonyl (C=O) groups is 1. The highest BCUT2D eigenvalue weighted by molar-refractivity contribution is 5.80. The van der Waals surface area contributed by atoms with Crippen molar-refractivity contribution in [2.24, 2.45) is 0 Å². The fraction of sp³-hybridized carbons (Fsp3) is 0.400. The van der Waals surface area contributed by atoms with E-state index in [4.69, 9.17) is 4.42 Å². The van der Waals surface area contributed by atoms with E-state index in [0.29, 0.717) is 13.1 Å². The van der Waals surface area contributed by atoms with Crippen LogP contribution in [0.4, 0.5) is 4.39 Å². The van der Waals surface area contributed by atoms with Crippen LogP contribution in [0.1, 0.15) is 31.2 Å². The molecule has 19 heavy (non-hydrogen) atoms. The highest BCUT2D eigenvalue weighted by Crippen LogP contribution is 2.23. The number of rotatable bonds is 8. The standard InChI is InChI=1S/C15H17FO3/c16-13-6-7-15-14(9-13)12(10-19-15)5-3-1-2-4-8-18-11-17/h6-7,9-11H,1-5,8H2. The van der Waals surface area contributed by atoms with E-state index in [-0.39, 0.29) is 5.82 Å². The van der Waals surface area contributed by atoms with Crippen molar-refractivity contribution in [3.63, 3.8) is 0 Å². The number of ether oxygens (including phenoxy) is 1. The van der Waals surface area contributed by atoms with E-state index in [1.807, 2.05) is 0 Å². The summed E-state index contributed by atoms with van der Waals surface area (Å²) in [5.41, 5.74) is 1.79. The quantitative estimate of drug-likeness (QED) is 0.537. The summed E-state index contributed by atoms with van der Waals surface area (Å²) in [6, 6.07) is 4.58. The van der Waals surface area contributed by atoms with Crippen molar-refractivity contribution in [3.8, 4) is 0 Å². The Bertz CT molecular complexity index is 533. The molecule has 0 fully saturated rings. The molecule has 0 saturated heterocycles. The van der Waals surface area contributed by atoms with E-state index in [2.05, 4.69) is 4.74 Å². The second-order valence-corrected chi connectivity index (χ2v) is 4.53. The number of halogens is 1. The number of aryl methyl sites for hydroxylation is 1. The SMILES string of the molecule is O=COCCCCCCc1coc2ccc(F)cc12. The maximum atomic E-state index is 13.2.